The number of hydrogen-bond donors (Lipinski definition) is 0. The van der Waals surface area contributed by atoms with Crippen molar-refractivity contribution in [2.45, 2.75) is 32.8 Å². The second-order valence-electron chi connectivity index (χ2n) is 5.52. The van der Waals surface area contributed by atoms with E-state index in [0.717, 1.165) is 11.1 Å². The maximum atomic E-state index is 14.0. The minimum atomic E-state index is -0.325. The lowest BCUT2D eigenvalue weighted by molar-refractivity contribution is 0.242. The third-order valence-corrected chi connectivity index (χ3v) is 3.26. The average Bonchev–Trinajstić information content (AvgIpc) is 2.47. The predicted octanol–water partition coefficient (Wildman–Crippen LogP) is 5.70. The summed E-state index contributed by atoms with van der Waals surface area (Å²) in [6.07, 6.45) is 0.939. The van der Waals surface area contributed by atoms with Gasteiger partial charge in [0.15, 0.2) is 0 Å². The molecule has 0 saturated heterocycles. The summed E-state index contributed by atoms with van der Waals surface area (Å²) in [7, 11) is 0. The lowest BCUT2D eigenvalue weighted by Crippen LogP contribution is -2.05. The van der Waals surface area contributed by atoms with Crippen LogP contribution in [0.25, 0.3) is 11.1 Å². The first-order valence-electron chi connectivity index (χ1n) is 7.34. The molecule has 0 aliphatic heterocycles. The Morgan fingerprint density at radius 1 is 1.14 bits per heavy atom. The first-order valence-corrected chi connectivity index (χ1v) is 7.34. The number of ether oxygens (including phenoxy) is 1. The zero-order chi connectivity index (χ0) is 16.1. The molecule has 2 rings (SSSR count). The molecular weight excluding hydrogens is 282 g/mol. The van der Waals surface area contributed by atoms with Gasteiger partial charge in [0.1, 0.15) is 11.6 Å². The lowest BCUT2D eigenvalue weighted by atomic mass is 10.0. The Morgan fingerprint density at radius 2 is 1.82 bits per heavy atom. The summed E-state index contributed by atoms with van der Waals surface area (Å²) in [5.41, 5.74) is 2.27. The highest BCUT2D eigenvalue weighted by Gasteiger charge is 2.08. The van der Waals surface area contributed by atoms with Crippen LogP contribution in [0.1, 0.15) is 25.8 Å². The highest BCUT2D eigenvalue weighted by Crippen LogP contribution is 2.28. The summed E-state index contributed by atoms with van der Waals surface area (Å²) in [6, 6.07) is 12.2. The second-order valence-corrected chi connectivity index (χ2v) is 5.52. The Morgan fingerprint density at radius 3 is 2.41 bits per heavy atom. The smallest absolute Gasteiger partial charge is 0.131 e. The van der Waals surface area contributed by atoms with E-state index in [1.807, 2.05) is 38.1 Å². The Bertz CT molecular complexity index is 645. The fourth-order valence-corrected chi connectivity index (χ4v) is 2.20. The van der Waals surface area contributed by atoms with Crippen LogP contribution in [0.5, 0.6) is 5.75 Å². The summed E-state index contributed by atoms with van der Waals surface area (Å²) in [5, 5.41) is 0. The van der Waals surface area contributed by atoms with Crippen LogP contribution in [0.3, 0.4) is 0 Å². The minimum absolute atomic E-state index is 0.0366. The van der Waals surface area contributed by atoms with Gasteiger partial charge in [0.05, 0.1) is 11.9 Å². The topological polar surface area (TPSA) is 9.23 Å². The molecule has 2 aromatic carbocycles. The molecule has 0 aliphatic carbocycles. The summed E-state index contributed by atoms with van der Waals surface area (Å²) >= 11 is 0. The maximum absolute atomic E-state index is 14.0. The van der Waals surface area contributed by atoms with Crippen LogP contribution < -0.4 is 4.74 Å². The molecule has 0 N–H and O–H groups in total. The van der Waals surface area contributed by atoms with Crippen molar-refractivity contribution in [1.82, 2.24) is 0 Å². The summed E-state index contributed by atoms with van der Waals surface area (Å²) < 4.78 is 32.3. The van der Waals surface area contributed by atoms with Gasteiger partial charge < -0.3 is 4.74 Å². The van der Waals surface area contributed by atoms with E-state index < -0.39 is 0 Å². The standard InChI is InChI=1S/C19H20F2O/c1-13(2)22-17-10-11-19(21)18(12-17)16-8-6-15(7-9-16)5-4-14(3)20/h6-13H,3-5H2,1-2H3. The molecule has 0 unspecified atom stereocenters. The van der Waals surface area contributed by atoms with Crippen molar-refractivity contribution in [2.75, 3.05) is 0 Å². The Hall–Kier alpha value is -2.16. The van der Waals surface area contributed by atoms with E-state index in [-0.39, 0.29) is 17.7 Å². The lowest BCUT2D eigenvalue weighted by Gasteiger charge is -2.12. The van der Waals surface area contributed by atoms with E-state index in [9.17, 15) is 8.78 Å². The highest BCUT2D eigenvalue weighted by molar-refractivity contribution is 5.66. The minimum Gasteiger partial charge on any atom is -0.491 e. The van der Waals surface area contributed by atoms with Crippen LogP contribution in [-0.2, 0) is 6.42 Å². The highest BCUT2D eigenvalue weighted by atomic mass is 19.1. The summed E-state index contributed by atoms with van der Waals surface area (Å²) in [4.78, 5) is 0. The van der Waals surface area contributed by atoms with Gasteiger partial charge in [-0.05, 0) is 49.6 Å². The van der Waals surface area contributed by atoms with Gasteiger partial charge in [-0.15, -0.1) is 0 Å². The van der Waals surface area contributed by atoms with E-state index in [4.69, 9.17) is 4.74 Å². The van der Waals surface area contributed by atoms with Crippen molar-refractivity contribution in [1.29, 1.82) is 0 Å². The number of allylic oxidation sites excluding steroid dienone is 1. The number of hydrogen-bond acceptors (Lipinski definition) is 1. The summed E-state index contributed by atoms with van der Waals surface area (Å²) in [6.45, 7) is 7.10. The van der Waals surface area contributed by atoms with Gasteiger partial charge in [0, 0.05) is 12.0 Å². The summed E-state index contributed by atoms with van der Waals surface area (Å²) in [5.74, 6) is 0.0267. The van der Waals surface area contributed by atoms with E-state index in [1.54, 1.807) is 12.1 Å². The van der Waals surface area contributed by atoms with E-state index in [1.165, 1.54) is 6.07 Å². The van der Waals surface area contributed by atoms with Crippen molar-refractivity contribution < 1.29 is 13.5 Å². The van der Waals surface area contributed by atoms with Crippen molar-refractivity contribution in [3.63, 3.8) is 0 Å². The molecule has 0 saturated carbocycles. The molecule has 0 atom stereocenters. The third kappa shape index (κ3) is 4.42. The van der Waals surface area contributed by atoms with Crippen molar-refractivity contribution >= 4 is 0 Å². The molecule has 0 bridgehead atoms. The first kappa shape index (κ1) is 16.2. The molecule has 0 heterocycles. The van der Waals surface area contributed by atoms with Crippen LogP contribution in [0.15, 0.2) is 54.9 Å². The molecule has 0 fully saturated rings. The quantitative estimate of drug-likeness (QED) is 0.665. The van der Waals surface area contributed by atoms with Gasteiger partial charge in [-0.2, -0.15) is 0 Å². The fourth-order valence-electron chi connectivity index (χ4n) is 2.20. The van der Waals surface area contributed by atoms with Gasteiger partial charge in [0.25, 0.3) is 0 Å². The molecule has 0 spiro atoms. The predicted molar refractivity (Wildman–Crippen MR) is 86.2 cm³/mol. The number of rotatable bonds is 6. The average molecular weight is 302 g/mol. The molecule has 1 nitrogen and oxygen atoms in total. The van der Waals surface area contributed by atoms with Gasteiger partial charge in [0.2, 0.25) is 0 Å². The van der Waals surface area contributed by atoms with E-state index in [2.05, 4.69) is 6.58 Å². The zero-order valence-corrected chi connectivity index (χ0v) is 12.9. The normalized spacial score (nSPS) is 10.8. The number of aryl methyl sites for hydroxylation is 1. The van der Waals surface area contributed by atoms with Gasteiger partial charge in [-0.3, -0.25) is 0 Å². The Labute approximate surface area is 130 Å². The van der Waals surface area contributed by atoms with Gasteiger partial charge in [-0.25, -0.2) is 8.78 Å². The Kier molecular flexibility index (Phi) is 5.31. The van der Waals surface area contributed by atoms with Crippen molar-refractivity contribution in [3.8, 4) is 16.9 Å². The van der Waals surface area contributed by atoms with Crippen LogP contribution in [0.2, 0.25) is 0 Å². The second kappa shape index (κ2) is 7.21. The molecule has 22 heavy (non-hydrogen) atoms. The molecule has 0 radical (unpaired) electrons. The fraction of sp³-hybridized carbons (Fsp3) is 0.263. The van der Waals surface area contributed by atoms with Crippen molar-refractivity contribution in [3.05, 3.63) is 66.3 Å². The Balaban J connectivity index is 2.21. The molecule has 3 heteroatoms. The monoisotopic (exact) mass is 302 g/mol. The molecule has 0 aliphatic rings. The van der Waals surface area contributed by atoms with Crippen LogP contribution in [0.4, 0.5) is 8.78 Å². The largest absolute Gasteiger partial charge is 0.491 e. The SMILES string of the molecule is C=C(F)CCc1ccc(-c2cc(OC(C)C)ccc2F)cc1. The molecular formula is C19H20F2O. The number of halogens is 2. The van der Waals surface area contributed by atoms with Crippen molar-refractivity contribution in [2.24, 2.45) is 0 Å². The van der Waals surface area contributed by atoms with Gasteiger partial charge in [-0.1, -0.05) is 30.8 Å². The van der Waals surface area contributed by atoms with E-state index >= 15 is 0 Å². The molecule has 2 aromatic rings. The molecule has 0 amide bonds. The van der Waals surface area contributed by atoms with E-state index in [0.29, 0.717) is 24.2 Å². The molecule has 0 aromatic heterocycles. The maximum Gasteiger partial charge on any atom is 0.131 e. The third-order valence-electron chi connectivity index (χ3n) is 3.26. The van der Waals surface area contributed by atoms with Crippen LogP contribution in [-0.4, -0.2) is 6.10 Å². The van der Waals surface area contributed by atoms with Gasteiger partial charge >= 0.3 is 0 Å². The van der Waals surface area contributed by atoms with Crippen LogP contribution >= 0.6 is 0 Å². The van der Waals surface area contributed by atoms with Crippen LogP contribution in [0, 0.1) is 5.82 Å². The zero-order valence-electron chi connectivity index (χ0n) is 12.9. The number of benzene rings is 2. The molecule has 116 valence electrons. The first-order chi connectivity index (χ1) is 10.5.